The van der Waals surface area contributed by atoms with Gasteiger partial charge in [-0.2, -0.15) is 0 Å². The van der Waals surface area contributed by atoms with Gasteiger partial charge in [-0.1, -0.05) is 12.5 Å². The predicted molar refractivity (Wildman–Crippen MR) is 78.3 cm³/mol. The summed E-state index contributed by atoms with van der Waals surface area (Å²) in [5.41, 5.74) is 0.742. The average molecular weight is 311 g/mol. The third-order valence-electron chi connectivity index (χ3n) is 2.79. The fourth-order valence-corrected chi connectivity index (χ4v) is 2.28. The Hall–Kier alpha value is -1.09. The minimum absolute atomic E-state index is 0.192. The van der Waals surface area contributed by atoms with Gasteiger partial charge >= 0.3 is 0 Å². The molecule has 1 aromatic rings. The van der Waals surface area contributed by atoms with E-state index in [-0.39, 0.29) is 5.78 Å². The Bertz CT molecular complexity index is 413. The number of hydrogen-bond acceptors (Lipinski definition) is 2. The van der Waals surface area contributed by atoms with Crippen LogP contribution in [0.25, 0.3) is 0 Å². The number of ketones is 1. The summed E-state index contributed by atoms with van der Waals surface area (Å²) in [6.45, 7) is 3.68. The molecule has 0 fully saturated rings. The summed E-state index contributed by atoms with van der Waals surface area (Å²) in [5.74, 6) is 0.939. The van der Waals surface area contributed by atoms with Gasteiger partial charge < -0.3 is 4.74 Å². The summed E-state index contributed by atoms with van der Waals surface area (Å²) in [6.07, 6.45) is 6.69. The average Bonchev–Trinajstić information content (AvgIpc) is 2.38. The highest BCUT2D eigenvalue weighted by Crippen LogP contribution is 2.26. The van der Waals surface area contributed by atoms with Gasteiger partial charge in [-0.3, -0.25) is 4.79 Å². The van der Waals surface area contributed by atoms with Gasteiger partial charge in [0, 0.05) is 12.0 Å². The first-order valence-electron chi connectivity index (χ1n) is 6.16. The number of methoxy groups -OCH3 is 1. The van der Waals surface area contributed by atoms with E-state index in [1.165, 1.54) is 0 Å². The third kappa shape index (κ3) is 4.65. The van der Waals surface area contributed by atoms with Gasteiger partial charge in [0.1, 0.15) is 5.75 Å². The second-order valence-electron chi connectivity index (χ2n) is 4.16. The minimum Gasteiger partial charge on any atom is -0.496 e. The van der Waals surface area contributed by atoms with Crippen LogP contribution < -0.4 is 4.74 Å². The van der Waals surface area contributed by atoms with Crippen LogP contribution in [0.1, 0.15) is 42.5 Å². The van der Waals surface area contributed by atoms with Crippen LogP contribution >= 0.6 is 15.9 Å². The van der Waals surface area contributed by atoms with Crippen LogP contribution in [0.15, 0.2) is 35.3 Å². The zero-order valence-electron chi connectivity index (χ0n) is 10.7. The first-order valence-corrected chi connectivity index (χ1v) is 6.96. The van der Waals surface area contributed by atoms with Crippen molar-refractivity contribution in [2.75, 3.05) is 7.11 Å². The molecule has 0 saturated carbocycles. The van der Waals surface area contributed by atoms with Gasteiger partial charge in [0.25, 0.3) is 0 Å². The number of allylic oxidation sites excluding steroid dienone is 1. The van der Waals surface area contributed by atoms with Gasteiger partial charge in [-0.15, -0.1) is 6.58 Å². The number of halogens is 1. The number of rotatable bonds is 8. The largest absolute Gasteiger partial charge is 0.496 e. The molecule has 0 spiro atoms. The Morgan fingerprint density at radius 3 is 2.78 bits per heavy atom. The zero-order chi connectivity index (χ0) is 13.4. The molecule has 1 rings (SSSR count). The fourth-order valence-electron chi connectivity index (χ4n) is 1.74. The van der Waals surface area contributed by atoms with E-state index in [1.807, 2.05) is 24.3 Å². The lowest BCUT2D eigenvalue weighted by Crippen LogP contribution is -1.99. The molecule has 0 saturated heterocycles. The number of unbranched alkanes of at least 4 members (excludes halogenated alkanes) is 3. The molecule has 0 radical (unpaired) electrons. The number of Topliss-reactive ketones (excluding diaryl/α,β-unsaturated/α-hetero) is 1. The Morgan fingerprint density at radius 1 is 1.39 bits per heavy atom. The fraction of sp³-hybridized carbons (Fsp3) is 0.400. The highest BCUT2D eigenvalue weighted by molar-refractivity contribution is 9.10. The Balaban J connectivity index is 2.46. The molecular weight excluding hydrogens is 292 g/mol. The predicted octanol–water partition coefficient (Wildman–Crippen LogP) is 4.78. The van der Waals surface area contributed by atoms with E-state index >= 15 is 0 Å². The monoisotopic (exact) mass is 310 g/mol. The van der Waals surface area contributed by atoms with Crippen LogP contribution in [-0.2, 0) is 0 Å². The molecule has 18 heavy (non-hydrogen) atoms. The number of carbonyl (C=O) groups excluding carboxylic acids is 1. The van der Waals surface area contributed by atoms with Crippen molar-refractivity contribution in [3.05, 3.63) is 40.9 Å². The van der Waals surface area contributed by atoms with Crippen LogP contribution in [0.5, 0.6) is 5.75 Å². The highest BCUT2D eigenvalue weighted by atomic mass is 79.9. The van der Waals surface area contributed by atoms with Crippen molar-refractivity contribution < 1.29 is 9.53 Å². The summed E-state index contributed by atoms with van der Waals surface area (Å²) >= 11 is 3.39. The van der Waals surface area contributed by atoms with Crippen molar-refractivity contribution in [2.24, 2.45) is 0 Å². The van der Waals surface area contributed by atoms with E-state index in [2.05, 4.69) is 22.5 Å². The van der Waals surface area contributed by atoms with E-state index in [4.69, 9.17) is 4.74 Å². The molecule has 3 heteroatoms. The van der Waals surface area contributed by atoms with E-state index in [1.54, 1.807) is 7.11 Å². The molecule has 0 aromatic heterocycles. The van der Waals surface area contributed by atoms with Crippen molar-refractivity contribution in [3.63, 3.8) is 0 Å². The summed E-state index contributed by atoms with van der Waals surface area (Å²) in [4.78, 5) is 11.9. The molecule has 1 aromatic carbocycles. The molecule has 0 unspecified atom stereocenters. The third-order valence-corrected chi connectivity index (χ3v) is 3.41. The number of hydrogen-bond donors (Lipinski definition) is 0. The summed E-state index contributed by atoms with van der Waals surface area (Å²) in [7, 11) is 1.61. The summed E-state index contributed by atoms with van der Waals surface area (Å²) in [6, 6.07) is 5.45. The molecule has 0 N–H and O–H groups in total. The van der Waals surface area contributed by atoms with E-state index in [0.717, 1.165) is 41.5 Å². The molecular formula is C15H19BrO2. The Kier molecular flexibility index (Phi) is 6.73. The maximum Gasteiger partial charge on any atom is 0.162 e. The van der Waals surface area contributed by atoms with Gasteiger partial charge in [0.15, 0.2) is 5.78 Å². The van der Waals surface area contributed by atoms with Crippen molar-refractivity contribution in [1.29, 1.82) is 0 Å². The van der Waals surface area contributed by atoms with Gasteiger partial charge in [0.05, 0.1) is 11.6 Å². The molecule has 0 heterocycles. The second kappa shape index (κ2) is 8.09. The SMILES string of the molecule is C=CCCCCCC(=O)c1ccc(OC)c(Br)c1. The molecule has 0 aliphatic heterocycles. The molecule has 98 valence electrons. The van der Waals surface area contributed by atoms with Crippen LogP contribution in [0.3, 0.4) is 0 Å². The van der Waals surface area contributed by atoms with E-state index < -0.39 is 0 Å². The molecule has 0 aliphatic rings. The minimum atomic E-state index is 0.192. The molecule has 2 nitrogen and oxygen atoms in total. The standard InChI is InChI=1S/C15H19BrO2/c1-3-4-5-6-7-8-14(17)12-9-10-15(18-2)13(16)11-12/h3,9-11H,1,4-8H2,2H3. The quantitative estimate of drug-likeness (QED) is 0.392. The first-order chi connectivity index (χ1) is 8.69. The maximum atomic E-state index is 11.9. The van der Waals surface area contributed by atoms with Gasteiger partial charge in [0.2, 0.25) is 0 Å². The summed E-state index contributed by atoms with van der Waals surface area (Å²) < 4.78 is 5.96. The zero-order valence-corrected chi connectivity index (χ0v) is 12.3. The molecule has 0 atom stereocenters. The lowest BCUT2D eigenvalue weighted by molar-refractivity contribution is 0.0979. The molecule has 0 bridgehead atoms. The van der Waals surface area contributed by atoms with Crippen molar-refractivity contribution >= 4 is 21.7 Å². The van der Waals surface area contributed by atoms with Crippen molar-refractivity contribution in [3.8, 4) is 5.75 Å². The van der Waals surface area contributed by atoms with Crippen molar-refractivity contribution in [1.82, 2.24) is 0 Å². The van der Waals surface area contributed by atoms with Crippen LogP contribution in [0.4, 0.5) is 0 Å². The van der Waals surface area contributed by atoms with Crippen LogP contribution in [-0.4, -0.2) is 12.9 Å². The number of ether oxygens (including phenoxy) is 1. The lowest BCUT2D eigenvalue weighted by Gasteiger charge is -2.05. The smallest absolute Gasteiger partial charge is 0.162 e. The van der Waals surface area contributed by atoms with Gasteiger partial charge in [-0.25, -0.2) is 0 Å². The number of benzene rings is 1. The van der Waals surface area contributed by atoms with E-state index in [9.17, 15) is 4.79 Å². The topological polar surface area (TPSA) is 26.3 Å². The highest BCUT2D eigenvalue weighted by Gasteiger charge is 2.08. The van der Waals surface area contributed by atoms with Gasteiger partial charge in [-0.05, 0) is 53.4 Å². The van der Waals surface area contributed by atoms with Crippen molar-refractivity contribution in [2.45, 2.75) is 32.1 Å². The summed E-state index contributed by atoms with van der Waals surface area (Å²) in [5, 5.41) is 0. The first kappa shape index (κ1) is 15.0. The molecule has 0 aliphatic carbocycles. The van der Waals surface area contributed by atoms with Crippen LogP contribution in [0, 0.1) is 0 Å². The number of carbonyl (C=O) groups is 1. The maximum absolute atomic E-state index is 11.9. The molecule has 0 amide bonds. The second-order valence-corrected chi connectivity index (χ2v) is 5.01. The van der Waals surface area contributed by atoms with Crippen LogP contribution in [0.2, 0.25) is 0 Å². The normalized spacial score (nSPS) is 10.1. The Labute approximate surface area is 117 Å². The van der Waals surface area contributed by atoms with E-state index in [0.29, 0.717) is 6.42 Å². The lowest BCUT2D eigenvalue weighted by atomic mass is 10.0. The Morgan fingerprint density at radius 2 is 2.17 bits per heavy atom.